The quantitative estimate of drug-likeness (QED) is 0.660. The van der Waals surface area contributed by atoms with Gasteiger partial charge in [0.05, 0.1) is 21.2 Å². The average molecular weight is 326 g/mol. The van der Waals surface area contributed by atoms with Crippen molar-refractivity contribution >= 4 is 29.0 Å². The Balaban J connectivity index is 2.55. The van der Waals surface area contributed by atoms with Crippen LogP contribution in [0.1, 0.15) is 5.56 Å². The second-order valence-corrected chi connectivity index (χ2v) is 4.50. The first-order valence-electron chi connectivity index (χ1n) is 4.96. The van der Waals surface area contributed by atoms with E-state index in [-0.39, 0.29) is 21.4 Å². The third-order valence-electron chi connectivity index (χ3n) is 2.37. The first-order chi connectivity index (χ1) is 9.20. The standard InChI is InChI=1S/C10H4Cl2F3N3O2/c11-5-1-4(10(13,14)15)2-6(12)8(5)9-16-3-7(17-9)18(19)20/h1-3H,(H,16,17). The largest absolute Gasteiger partial charge is 0.416 e. The molecule has 1 N–H and O–H groups in total. The maximum Gasteiger partial charge on any atom is 0.416 e. The van der Waals surface area contributed by atoms with Crippen LogP contribution in [0.15, 0.2) is 18.3 Å². The second kappa shape index (κ2) is 4.95. The molecule has 2 aromatic rings. The van der Waals surface area contributed by atoms with E-state index in [0.717, 1.165) is 6.20 Å². The number of hydrogen-bond donors (Lipinski definition) is 1. The van der Waals surface area contributed by atoms with Crippen LogP contribution in [0.5, 0.6) is 0 Å². The number of benzene rings is 1. The van der Waals surface area contributed by atoms with Gasteiger partial charge in [-0.1, -0.05) is 23.2 Å². The lowest BCUT2D eigenvalue weighted by Crippen LogP contribution is -2.05. The molecule has 0 unspecified atom stereocenters. The molecule has 10 heteroatoms. The minimum Gasteiger partial charge on any atom is -0.358 e. The maximum absolute atomic E-state index is 12.6. The van der Waals surface area contributed by atoms with Gasteiger partial charge >= 0.3 is 12.0 Å². The van der Waals surface area contributed by atoms with Crippen LogP contribution in [-0.4, -0.2) is 14.9 Å². The minimum atomic E-state index is -4.60. The fourth-order valence-corrected chi connectivity index (χ4v) is 2.16. The van der Waals surface area contributed by atoms with Gasteiger partial charge in [0.15, 0.2) is 0 Å². The Labute approximate surface area is 119 Å². The molecule has 1 aromatic heterocycles. The van der Waals surface area contributed by atoms with E-state index in [9.17, 15) is 23.3 Å². The molecule has 0 amide bonds. The highest BCUT2D eigenvalue weighted by Gasteiger charge is 2.32. The monoisotopic (exact) mass is 325 g/mol. The molecular weight excluding hydrogens is 322 g/mol. The molecule has 0 aliphatic rings. The molecule has 0 atom stereocenters. The number of nitrogens with one attached hydrogen (secondary N) is 1. The van der Waals surface area contributed by atoms with Crippen LogP contribution in [0.3, 0.4) is 0 Å². The average Bonchev–Trinajstić information content (AvgIpc) is 2.76. The molecule has 0 saturated carbocycles. The summed E-state index contributed by atoms with van der Waals surface area (Å²) in [5, 5.41) is 9.90. The Morgan fingerprint density at radius 3 is 2.20 bits per heavy atom. The molecule has 0 spiro atoms. The van der Waals surface area contributed by atoms with Gasteiger partial charge in [-0.25, -0.2) is 9.97 Å². The summed E-state index contributed by atoms with van der Waals surface area (Å²) in [6.45, 7) is 0. The van der Waals surface area contributed by atoms with Gasteiger partial charge in [0, 0.05) is 0 Å². The number of aromatic amines is 1. The van der Waals surface area contributed by atoms with Crippen LogP contribution in [0.2, 0.25) is 10.0 Å². The molecule has 0 fully saturated rings. The van der Waals surface area contributed by atoms with Crippen molar-refractivity contribution in [2.24, 2.45) is 0 Å². The third kappa shape index (κ3) is 2.70. The Kier molecular flexibility index (Phi) is 3.61. The van der Waals surface area contributed by atoms with Crippen LogP contribution in [0, 0.1) is 10.1 Å². The molecule has 20 heavy (non-hydrogen) atoms. The van der Waals surface area contributed by atoms with Crippen molar-refractivity contribution in [3.05, 3.63) is 44.1 Å². The van der Waals surface area contributed by atoms with E-state index in [1.807, 2.05) is 0 Å². The molecule has 2 rings (SSSR count). The lowest BCUT2D eigenvalue weighted by atomic mass is 10.1. The molecule has 1 aromatic carbocycles. The van der Waals surface area contributed by atoms with Gasteiger partial charge in [-0.2, -0.15) is 13.2 Å². The fraction of sp³-hybridized carbons (Fsp3) is 0.100. The van der Waals surface area contributed by atoms with Crippen molar-refractivity contribution in [2.45, 2.75) is 6.18 Å². The van der Waals surface area contributed by atoms with Crippen LogP contribution >= 0.6 is 23.2 Å². The molecule has 0 saturated heterocycles. The summed E-state index contributed by atoms with van der Waals surface area (Å²) in [6, 6.07) is 1.36. The smallest absolute Gasteiger partial charge is 0.358 e. The predicted molar refractivity (Wildman–Crippen MR) is 65.7 cm³/mol. The summed E-state index contributed by atoms with van der Waals surface area (Å²) in [5.41, 5.74) is -1.05. The summed E-state index contributed by atoms with van der Waals surface area (Å²) in [6.07, 6.45) is -3.68. The normalized spacial score (nSPS) is 11.7. The van der Waals surface area contributed by atoms with Crippen LogP contribution in [-0.2, 0) is 6.18 Å². The topological polar surface area (TPSA) is 71.8 Å². The summed E-state index contributed by atoms with van der Waals surface area (Å²) in [7, 11) is 0. The van der Waals surface area contributed by atoms with Gasteiger partial charge in [-0.3, -0.25) is 0 Å². The molecule has 0 bridgehead atoms. The zero-order valence-corrected chi connectivity index (χ0v) is 10.8. The van der Waals surface area contributed by atoms with Crippen molar-refractivity contribution in [1.29, 1.82) is 0 Å². The summed E-state index contributed by atoms with van der Waals surface area (Å²) in [5.74, 6) is -0.507. The number of hydrogen-bond acceptors (Lipinski definition) is 3. The van der Waals surface area contributed by atoms with Crippen LogP contribution < -0.4 is 0 Å². The van der Waals surface area contributed by atoms with Gasteiger partial charge in [0.1, 0.15) is 6.20 Å². The molecule has 5 nitrogen and oxygen atoms in total. The van der Waals surface area contributed by atoms with E-state index < -0.39 is 22.5 Å². The van der Waals surface area contributed by atoms with Gasteiger partial charge < -0.3 is 10.1 Å². The molecule has 106 valence electrons. The Morgan fingerprint density at radius 2 is 1.80 bits per heavy atom. The number of halogens is 5. The highest BCUT2D eigenvalue weighted by Crippen LogP contribution is 2.39. The molecule has 1 heterocycles. The van der Waals surface area contributed by atoms with E-state index in [2.05, 4.69) is 9.97 Å². The summed E-state index contributed by atoms with van der Waals surface area (Å²) in [4.78, 5) is 15.8. The minimum absolute atomic E-state index is 0.0329. The second-order valence-electron chi connectivity index (χ2n) is 3.69. The van der Waals surface area contributed by atoms with Crippen molar-refractivity contribution in [3.63, 3.8) is 0 Å². The first-order valence-corrected chi connectivity index (χ1v) is 5.71. The number of alkyl halides is 3. The van der Waals surface area contributed by atoms with E-state index in [1.54, 1.807) is 0 Å². The third-order valence-corrected chi connectivity index (χ3v) is 2.96. The van der Waals surface area contributed by atoms with Gasteiger partial charge in [-0.05, 0) is 17.1 Å². The highest BCUT2D eigenvalue weighted by atomic mass is 35.5. The van der Waals surface area contributed by atoms with Gasteiger partial charge in [0.25, 0.3) is 0 Å². The van der Waals surface area contributed by atoms with E-state index in [4.69, 9.17) is 23.2 Å². The zero-order valence-electron chi connectivity index (χ0n) is 9.33. The Hall–Kier alpha value is -1.80. The molecular formula is C10H4Cl2F3N3O2. The van der Waals surface area contributed by atoms with Crippen LogP contribution in [0.4, 0.5) is 19.0 Å². The lowest BCUT2D eigenvalue weighted by Gasteiger charge is -2.09. The van der Waals surface area contributed by atoms with E-state index in [0.29, 0.717) is 12.1 Å². The lowest BCUT2D eigenvalue weighted by molar-refractivity contribution is -0.389. The zero-order chi connectivity index (χ0) is 15.1. The Morgan fingerprint density at radius 1 is 1.25 bits per heavy atom. The van der Waals surface area contributed by atoms with Crippen molar-refractivity contribution in [2.75, 3.05) is 0 Å². The number of nitro groups is 1. The van der Waals surface area contributed by atoms with Gasteiger partial charge in [0.2, 0.25) is 5.82 Å². The SMILES string of the molecule is O=[N+]([O-])c1cnc(-c2c(Cl)cc(C(F)(F)F)cc2Cl)[nH]1. The number of rotatable bonds is 2. The molecule has 0 aliphatic heterocycles. The van der Waals surface area contributed by atoms with E-state index in [1.165, 1.54) is 0 Å². The summed E-state index contributed by atoms with van der Waals surface area (Å²) < 4.78 is 37.7. The summed E-state index contributed by atoms with van der Waals surface area (Å²) >= 11 is 11.5. The van der Waals surface area contributed by atoms with E-state index >= 15 is 0 Å². The number of nitrogens with zero attached hydrogens (tertiary/aromatic N) is 2. The predicted octanol–water partition coefficient (Wildman–Crippen LogP) is 4.31. The van der Waals surface area contributed by atoms with Crippen LogP contribution in [0.25, 0.3) is 11.4 Å². The maximum atomic E-state index is 12.6. The first kappa shape index (κ1) is 14.6. The molecule has 0 radical (unpaired) electrons. The highest BCUT2D eigenvalue weighted by molar-refractivity contribution is 6.39. The van der Waals surface area contributed by atoms with Crippen molar-refractivity contribution < 1.29 is 18.1 Å². The van der Waals surface area contributed by atoms with Crippen molar-refractivity contribution in [1.82, 2.24) is 9.97 Å². The fourth-order valence-electron chi connectivity index (χ4n) is 1.49. The number of H-pyrrole nitrogens is 1. The number of imidazole rings is 1. The van der Waals surface area contributed by atoms with Gasteiger partial charge in [-0.15, -0.1) is 0 Å². The molecule has 0 aliphatic carbocycles. The Bertz CT molecular complexity index is 662. The number of aromatic nitrogens is 2. The van der Waals surface area contributed by atoms with Crippen molar-refractivity contribution in [3.8, 4) is 11.4 Å².